The molecular formula is C16H24N2O5S2. The van der Waals surface area contributed by atoms with E-state index in [9.17, 15) is 18.0 Å². The lowest BCUT2D eigenvalue weighted by Gasteiger charge is -2.16. The molecule has 9 heteroatoms. The Morgan fingerprint density at radius 1 is 1.32 bits per heavy atom. The maximum atomic E-state index is 12.3. The van der Waals surface area contributed by atoms with Crippen LogP contribution < -0.4 is 5.32 Å². The average molecular weight is 389 g/mol. The highest BCUT2D eigenvalue weighted by Gasteiger charge is 2.18. The Morgan fingerprint density at radius 3 is 2.56 bits per heavy atom. The zero-order chi connectivity index (χ0) is 19.0. The molecule has 0 aromatic heterocycles. The molecule has 1 amide bonds. The van der Waals surface area contributed by atoms with Gasteiger partial charge in [0.25, 0.3) is 5.91 Å². The van der Waals surface area contributed by atoms with Crippen molar-refractivity contribution >= 4 is 33.7 Å². The van der Waals surface area contributed by atoms with Crippen molar-refractivity contribution in [1.82, 2.24) is 9.62 Å². The van der Waals surface area contributed by atoms with Gasteiger partial charge >= 0.3 is 5.97 Å². The molecule has 0 spiro atoms. The highest BCUT2D eigenvalue weighted by Crippen LogP contribution is 2.26. The van der Waals surface area contributed by atoms with Gasteiger partial charge in [-0.1, -0.05) is 12.1 Å². The zero-order valence-electron chi connectivity index (χ0n) is 14.6. The second-order valence-corrected chi connectivity index (χ2v) is 9.17. The van der Waals surface area contributed by atoms with Gasteiger partial charge in [-0.2, -0.15) is 0 Å². The summed E-state index contributed by atoms with van der Waals surface area (Å²) >= 11 is 1.11. The number of carbonyl (C=O) groups excluding carboxylic acids is 1. The number of nitrogens with one attached hydrogen (secondary N) is 1. The summed E-state index contributed by atoms with van der Waals surface area (Å²) in [5, 5.41) is 11.1. The predicted molar refractivity (Wildman–Crippen MR) is 98.4 cm³/mol. The van der Waals surface area contributed by atoms with E-state index >= 15 is 0 Å². The van der Waals surface area contributed by atoms with E-state index in [2.05, 4.69) is 5.32 Å². The fourth-order valence-electron chi connectivity index (χ4n) is 1.96. The van der Waals surface area contributed by atoms with Crippen molar-refractivity contribution in [2.75, 3.05) is 25.9 Å². The van der Waals surface area contributed by atoms with Crippen LogP contribution in [0.15, 0.2) is 29.2 Å². The number of carbonyl (C=O) groups is 2. The van der Waals surface area contributed by atoms with Crippen molar-refractivity contribution < 1.29 is 23.1 Å². The third-order valence-electron chi connectivity index (χ3n) is 3.56. The molecule has 1 unspecified atom stereocenters. The molecule has 0 heterocycles. The number of carboxylic acids is 1. The molecule has 0 fully saturated rings. The van der Waals surface area contributed by atoms with Gasteiger partial charge in [-0.15, -0.1) is 11.8 Å². The Labute approximate surface area is 152 Å². The summed E-state index contributed by atoms with van der Waals surface area (Å²) in [4.78, 5) is 23.9. The summed E-state index contributed by atoms with van der Waals surface area (Å²) in [6, 6.07) is 6.81. The number of aliphatic carboxylic acids is 1. The van der Waals surface area contributed by atoms with E-state index in [1.807, 2.05) is 0 Å². The largest absolute Gasteiger partial charge is 0.480 e. The molecule has 0 radical (unpaired) electrons. The molecule has 0 saturated carbocycles. The molecule has 25 heavy (non-hydrogen) atoms. The number of carboxylic acid groups (broad SMARTS) is 1. The first-order chi connectivity index (χ1) is 11.7. The van der Waals surface area contributed by atoms with Gasteiger partial charge in [0, 0.05) is 25.0 Å². The molecule has 1 atom stereocenters. The van der Waals surface area contributed by atoms with Crippen LogP contribution in [0.4, 0.5) is 0 Å². The Morgan fingerprint density at radius 2 is 1.96 bits per heavy atom. The van der Waals surface area contributed by atoms with Crippen LogP contribution in [0, 0.1) is 0 Å². The molecule has 1 rings (SSSR count). The molecule has 0 bridgehead atoms. The number of hydrogen-bond acceptors (Lipinski definition) is 5. The van der Waals surface area contributed by atoms with Gasteiger partial charge in [0.2, 0.25) is 10.0 Å². The maximum Gasteiger partial charge on any atom is 0.316 e. The molecule has 2 N–H and O–H groups in total. The Balaban J connectivity index is 2.60. The van der Waals surface area contributed by atoms with E-state index in [1.165, 1.54) is 11.4 Å². The average Bonchev–Trinajstić information content (AvgIpc) is 2.58. The normalized spacial score (nSPS) is 12.8. The van der Waals surface area contributed by atoms with Crippen molar-refractivity contribution in [2.24, 2.45) is 0 Å². The first-order valence-electron chi connectivity index (χ1n) is 7.89. The number of hydrogen-bond donors (Lipinski definition) is 2. The van der Waals surface area contributed by atoms with Gasteiger partial charge in [-0.05, 0) is 32.4 Å². The molecule has 0 aliphatic rings. The Kier molecular flexibility index (Phi) is 8.40. The lowest BCUT2D eigenvalue weighted by Crippen LogP contribution is -2.32. The van der Waals surface area contributed by atoms with Crippen LogP contribution in [-0.4, -0.2) is 60.8 Å². The van der Waals surface area contributed by atoms with Gasteiger partial charge in [0.15, 0.2) is 0 Å². The van der Waals surface area contributed by atoms with Gasteiger partial charge in [0.05, 0.1) is 11.3 Å². The Hall–Kier alpha value is -1.58. The van der Waals surface area contributed by atoms with Gasteiger partial charge in [0.1, 0.15) is 5.25 Å². The number of amides is 1. The molecule has 7 nitrogen and oxygen atoms in total. The standard InChI is InChI=1S/C16H24N2O5S2/c1-4-25(22,23)18(3)11-7-10-17-15(19)13-8-5-6-9-14(13)24-12(2)16(20)21/h5-6,8-9,12H,4,7,10-11H2,1-3H3,(H,17,19)(H,20,21). The molecule has 0 aliphatic carbocycles. The van der Waals surface area contributed by atoms with Crippen molar-refractivity contribution in [3.63, 3.8) is 0 Å². The van der Waals surface area contributed by atoms with E-state index < -0.39 is 21.2 Å². The second kappa shape index (κ2) is 9.79. The fraction of sp³-hybridized carbons (Fsp3) is 0.500. The van der Waals surface area contributed by atoms with Gasteiger partial charge in [-0.3, -0.25) is 9.59 Å². The van der Waals surface area contributed by atoms with Crippen LogP contribution in [-0.2, 0) is 14.8 Å². The summed E-state index contributed by atoms with van der Waals surface area (Å²) < 4.78 is 24.6. The van der Waals surface area contributed by atoms with Crippen LogP contribution >= 0.6 is 11.8 Å². The minimum absolute atomic E-state index is 0.0439. The van der Waals surface area contributed by atoms with E-state index in [4.69, 9.17) is 5.11 Å². The SMILES string of the molecule is CCS(=O)(=O)N(C)CCCNC(=O)c1ccccc1SC(C)C(=O)O. The monoisotopic (exact) mass is 388 g/mol. The van der Waals surface area contributed by atoms with E-state index in [1.54, 1.807) is 38.1 Å². The quantitative estimate of drug-likeness (QED) is 0.467. The summed E-state index contributed by atoms with van der Waals surface area (Å²) in [5.74, 6) is -1.20. The van der Waals surface area contributed by atoms with Crippen LogP contribution in [0.2, 0.25) is 0 Å². The molecule has 1 aromatic rings. The Bertz CT molecular complexity index is 706. The van der Waals surface area contributed by atoms with Crippen molar-refractivity contribution in [2.45, 2.75) is 30.4 Å². The van der Waals surface area contributed by atoms with Crippen LogP contribution in [0.25, 0.3) is 0 Å². The van der Waals surface area contributed by atoms with E-state index in [-0.39, 0.29) is 11.7 Å². The molecule has 0 saturated heterocycles. The van der Waals surface area contributed by atoms with Crippen LogP contribution in [0.3, 0.4) is 0 Å². The molecule has 1 aromatic carbocycles. The van der Waals surface area contributed by atoms with E-state index in [0.29, 0.717) is 30.0 Å². The fourth-order valence-corrected chi connectivity index (χ4v) is 3.73. The highest BCUT2D eigenvalue weighted by atomic mass is 32.2. The van der Waals surface area contributed by atoms with Crippen LogP contribution in [0.1, 0.15) is 30.6 Å². The summed E-state index contributed by atoms with van der Waals surface area (Å²) in [5.41, 5.74) is 0.412. The molecule has 140 valence electrons. The topological polar surface area (TPSA) is 104 Å². The van der Waals surface area contributed by atoms with Crippen molar-refractivity contribution in [3.8, 4) is 0 Å². The summed E-state index contributed by atoms with van der Waals surface area (Å²) in [6.45, 7) is 3.80. The zero-order valence-corrected chi connectivity index (χ0v) is 16.2. The predicted octanol–water partition coefficient (Wildman–Crippen LogP) is 1.65. The third kappa shape index (κ3) is 6.68. The second-order valence-electron chi connectivity index (χ2n) is 5.43. The van der Waals surface area contributed by atoms with E-state index in [0.717, 1.165) is 11.8 Å². The maximum absolute atomic E-state index is 12.3. The van der Waals surface area contributed by atoms with Crippen molar-refractivity contribution in [1.29, 1.82) is 0 Å². The number of rotatable bonds is 10. The first kappa shape index (κ1) is 21.5. The molecular weight excluding hydrogens is 364 g/mol. The van der Waals surface area contributed by atoms with Crippen molar-refractivity contribution in [3.05, 3.63) is 29.8 Å². The number of thioether (sulfide) groups is 1. The van der Waals surface area contributed by atoms with Gasteiger partial charge in [-0.25, -0.2) is 12.7 Å². The summed E-state index contributed by atoms with van der Waals surface area (Å²) in [6.07, 6.45) is 0.488. The molecule has 0 aliphatic heterocycles. The van der Waals surface area contributed by atoms with Crippen LogP contribution in [0.5, 0.6) is 0 Å². The number of sulfonamides is 1. The number of nitrogens with zero attached hydrogens (tertiary/aromatic N) is 1. The summed E-state index contributed by atoms with van der Waals surface area (Å²) in [7, 11) is -1.70. The first-order valence-corrected chi connectivity index (χ1v) is 10.4. The minimum atomic E-state index is -3.22. The highest BCUT2D eigenvalue weighted by molar-refractivity contribution is 8.00. The number of benzene rings is 1. The van der Waals surface area contributed by atoms with Gasteiger partial charge < -0.3 is 10.4 Å². The third-order valence-corrected chi connectivity index (χ3v) is 6.59. The lowest BCUT2D eigenvalue weighted by atomic mass is 10.2. The lowest BCUT2D eigenvalue weighted by molar-refractivity contribution is -0.136. The smallest absolute Gasteiger partial charge is 0.316 e. The minimum Gasteiger partial charge on any atom is -0.480 e.